The van der Waals surface area contributed by atoms with Gasteiger partial charge in [-0.2, -0.15) is 5.10 Å². The fourth-order valence-corrected chi connectivity index (χ4v) is 2.51. The molecule has 0 saturated carbocycles. The second-order valence-corrected chi connectivity index (χ2v) is 5.54. The lowest BCUT2D eigenvalue weighted by Crippen LogP contribution is -2.39. The smallest absolute Gasteiger partial charge is 0.240 e. The van der Waals surface area contributed by atoms with Crippen LogP contribution in [0.4, 0.5) is 0 Å². The molecule has 1 saturated heterocycles. The molecular formula is C16H17N5O3. The third kappa shape index (κ3) is 3.32. The van der Waals surface area contributed by atoms with Crippen LogP contribution < -0.4 is 5.32 Å². The Morgan fingerprint density at radius 3 is 2.71 bits per heavy atom. The topological polar surface area (TPSA) is 97.2 Å². The summed E-state index contributed by atoms with van der Waals surface area (Å²) < 4.78 is 1.68. The monoisotopic (exact) mass is 327 g/mol. The summed E-state index contributed by atoms with van der Waals surface area (Å²) in [5.41, 5.74) is 2.46. The van der Waals surface area contributed by atoms with Gasteiger partial charge in [0.1, 0.15) is 6.54 Å². The Balaban J connectivity index is 1.61. The minimum absolute atomic E-state index is 0.183. The molecule has 0 bridgehead atoms. The highest BCUT2D eigenvalue weighted by atomic mass is 16.2. The lowest BCUT2D eigenvalue weighted by Gasteiger charge is -2.13. The van der Waals surface area contributed by atoms with Gasteiger partial charge in [0.05, 0.1) is 17.9 Å². The number of rotatable bonds is 5. The van der Waals surface area contributed by atoms with Crippen molar-refractivity contribution in [2.75, 3.05) is 6.54 Å². The van der Waals surface area contributed by atoms with E-state index in [0.29, 0.717) is 0 Å². The van der Waals surface area contributed by atoms with E-state index in [1.807, 2.05) is 18.2 Å². The molecule has 1 N–H and O–H groups in total. The van der Waals surface area contributed by atoms with Crippen LogP contribution >= 0.6 is 0 Å². The van der Waals surface area contributed by atoms with E-state index in [1.54, 1.807) is 24.1 Å². The highest BCUT2D eigenvalue weighted by Gasteiger charge is 2.30. The van der Waals surface area contributed by atoms with Crippen molar-refractivity contribution in [3.8, 4) is 11.3 Å². The van der Waals surface area contributed by atoms with Crippen molar-refractivity contribution in [2.24, 2.45) is 7.05 Å². The third-order valence-corrected chi connectivity index (χ3v) is 3.86. The minimum atomic E-state index is -0.372. The summed E-state index contributed by atoms with van der Waals surface area (Å²) in [4.78, 5) is 40.0. The van der Waals surface area contributed by atoms with Crippen LogP contribution in [0.1, 0.15) is 18.5 Å². The lowest BCUT2D eigenvalue weighted by molar-refractivity contribution is -0.142. The van der Waals surface area contributed by atoms with Gasteiger partial charge in [0.15, 0.2) is 0 Å². The quantitative estimate of drug-likeness (QED) is 0.794. The van der Waals surface area contributed by atoms with Gasteiger partial charge < -0.3 is 5.32 Å². The van der Waals surface area contributed by atoms with Crippen LogP contribution in [0.2, 0.25) is 0 Å². The van der Waals surface area contributed by atoms with Crippen molar-refractivity contribution in [2.45, 2.75) is 19.4 Å². The number of amides is 3. The summed E-state index contributed by atoms with van der Waals surface area (Å²) >= 11 is 0. The first-order valence-corrected chi connectivity index (χ1v) is 7.58. The molecule has 1 aliphatic heterocycles. The molecule has 0 radical (unpaired) electrons. The van der Waals surface area contributed by atoms with Crippen LogP contribution in [-0.2, 0) is 28.0 Å². The molecule has 0 aromatic carbocycles. The van der Waals surface area contributed by atoms with Crippen LogP contribution in [0, 0.1) is 0 Å². The first-order chi connectivity index (χ1) is 11.5. The second-order valence-electron chi connectivity index (χ2n) is 5.54. The number of hydrogen-bond donors (Lipinski definition) is 1. The van der Waals surface area contributed by atoms with Gasteiger partial charge >= 0.3 is 0 Å². The zero-order valence-corrected chi connectivity index (χ0v) is 13.2. The van der Waals surface area contributed by atoms with E-state index in [4.69, 9.17) is 0 Å². The second kappa shape index (κ2) is 6.61. The van der Waals surface area contributed by atoms with Gasteiger partial charge in [-0.05, 0) is 18.2 Å². The summed E-state index contributed by atoms with van der Waals surface area (Å²) in [6.45, 7) is 0.0315. The van der Waals surface area contributed by atoms with Crippen molar-refractivity contribution >= 4 is 17.7 Å². The number of pyridine rings is 1. The minimum Gasteiger partial charge on any atom is -0.349 e. The Morgan fingerprint density at radius 1 is 1.29 bits per heavy atom. The van der Waals surface area contributed by atoms with Gasteiger partial charge in [-0.3, -0.25) is 28.9 Å². The Bertz CT molecular complexity index is 768. The van der Waals surface area contributed by atoms with Crippen molar-refractivity contribution in [1.82, 2.24) is 25.0 Å². The standard InChI is InChI=1S/C16H17N5O3/c1-20-12(7-13(19-20)11-3-2-6-17-8-11)9-18-14(22)10-21-15(23)4-5-16(21)24/h2-3,6-8H,4-5,9-10H2,1H3,(H,18,22). The van der Waals surface area contributed by atoms with Crippen molar-refractivity contribution in [3.63, 3.8) is 0 Å². The number of imide groups is 1. The van der Waals surface area contributed by atoms with E-state index < -0.39 is 0 Å². The average Bonchev–Trinajstić information content (AvgIpc) is 3.11. The van der Waals surface area contributed by atoms with Crippen molar-refractivity contribution in [1.29, 1.82) is 0 Å². The highest BCUT2D eigenvalue weighted by Crippen LogP contribution is 2.17. The van der Waals surface area contributed by atoms with Gasteiger partial charge in [0.25, 0.3) is 0 Å². The van der Waals surface area contributed by atoms with E-state index in [0.717, 1.165) is 21.9 Å². The van der Waals surface area contributed by atoms with Crippen molar-refractivity contribution in [3.05, 3.63) is 36.3 Å². The van der Waals surface area contributed by atoms with Gasteiger partial charge in [-0.15, -0.1) is 0 Å². The number of nitrogens with zero attached hydrogens (tertiary/aromatic N) is 4. The maximum Gasteiger partial charge on any atom is 0.240 e. The summed E-state index contributed by atoms with van der Waals surface area (Å²) in [5, 5.41) is 7.10. The molecular weight excluding hydrogens is 310 g/mol. The Morgan fingerprint density at radius 2 is 2.04 bits per heavy atom. The van der Waals surface area contributed by atoms with Crippen LogP contribution in [0.5, 0.6) is 0 Å². The first-order valence-electron chi connectivity index (χ1n) is 7.58. The molecule has 24 heavy (non-hydrogen) atoms. The molecule has 2 aromatic heterocycles. The molecule has 8 nitrogen and oxygen atoms in total. The molecule has 0 spiro atoms. The molecule has 8 heteroatoms. The van der Waals surface area contributed by atoms with E-state index in [1.165, 1.54) is 0 Å². The van der Waals surface area contributed by atoms with Gasteiger partial charge in [0.2, 0.25) is 17.7 Å². The normalized spacial score (nSPS) is 14.3. The Kier molecular flexibility index (Phi) is 4.37. The van der Waals surface area contributed by atoms with E-state index in [2.05, 4.69) is 15.4 Å². The van der Waals surface area contributed by atoms with E-state index in [-0.39, 0.29) is 43.7 Å². The largest absolute Gasteiger partial charge is 0.349 e. The molecule has 124 valence electrons. The number of aryl methyl sites for hydroxylation is 1. The first kappa shape index (κ1) is 15.9. The molecule has 0 unspecified atom stereocenters. The predicted molar refractivity (Wildman–Crippen MR) is 84.2 cm³/mol. The number of likely N-dealkylation sites (tertiary alicyclic amines) is 1. The zero-order valence-electron chi connectivity index (χ0n) is 13.2. The Labute approximate surface area is 138 Å². The summed E-state index contributed by atoms with van der Waals surface area (Å²) in [6.07, 6.45) is 3.77. The van der Waals surface area contributed by atoms with E-state index in [9.17, 15) is 14.4 Å². The van der Waals surface area contributed by atoms with Crippen LogP contribution in [0.3, 0.4) is 0 Å². The maximum absolute atomic E-state index is 12.0. The number of aromatic nitrogens is 3. The number of carbonyl (C=O) groups excluding carboxylic acids is 3. The average molecular weight is 327 g/mol. The molecule has 3 rings (SSSR count). The predicted octanol–water partition coefficient (Wildman–Crippen LogP) is 0.247. The summed E-state index contributed by atoms with van der Waals surface area (Å²) in [7, 11) is 1.79. The van der Waals surface area contributed by atoms with Crippen LogP contribution in [0.15, 0.2) is 30.6 Å². The molecule has 1 fully saturated rings. The zero-order chi connectivity index (χ0) is 17.1. The van der Waals surface area contributed by atoms with E-state index >= 15 is 0 Å². The number of hydrogen-bond acceptors (Lipinski definition) is 5. The van der Waals surface area contributed by atoms with Crippen LogP contribution in [-0.4, -0.2) is 43.9 Å². The summed E-state index contributed by atoms with van der Waals surface area (Å²) in [5.74, 6) is -0.966. The van der Waals surface area contributed by atoms with Gasteiger partial charge in [-0.1, -0.05) is 0 Å². The van der Waals surface area contributed by atoms with Gasteiger partial charge in [-0.25, -0.2) is 0 Å². The highest BCUT2D eigenvalue weighted by molar-refractivity contribution is 6.04. The Hall–Kier alpha value is -3.03. The molecule has 3 amide bonds. The number of nitrogens with one attached hydrogen (secondary N) is 1. The third-order valence-electron chi connectivity index (χ3n) is 3.86. The van der Waals surface area contributed by atoms with Crippen LogP contribution in [0.25, 0.3) is 11.3 Å². The maximum atomic E-state index is 12.0. The SMILES string of the molecule is Cn1nc(-c2cccnc2)cc1CNC(=O)CN1C(=O)CCC1=O. The molecule has 0 atom stereocenters. The molecule has 1 aliphatic rings. The molecule has 3 heterocycles. The molecule has 2 aromatic rings. The molecule has 0 aliphatic carbocycles. The fraction of sp³-hybridized carbons (Fsp3) is 0.312. The lowest BCUT2D eigenvalue weighted by atomic mass is 10.2. The number of carbonyl (C=O) groups is 3. The van der Waals surface area contributed by atoms with Crippen molar-refractivity contribution < 1.29 is 14.4 Å². The fourth-order valence-electron chi connectivity index (χ4n) is 2.51. The van der Waals surface area contributed by atoms with Gasteiger partial charge in [0, 0.05) is 37.8 Å². The summed E-state index contributed by atoms with van der Waals surface area (Å²) in [6, 6.07) is 5.60.